The number of aromatic hydroxyl groups is 1. The second-order valence-corrected chi connectivity index (χ2v) is 4.87. The molecule has 0 amide bonds. The van der Waals surface area contributed by atoms with Gasteiger partial charge in [0.15, 0.2) is 0 Å². The Kier molecular flexibility index (Phi) is 3.51. The summed E-state index contributed by atoms with van der Waals surface area (Å²) in [5, 5.41) is 9.36. The molecule has 0 aliphatic carbocycles. The predicted molar refractivity (Wildman–Crippen MR) is 82.8 cm³/mol. The van der Waals surface area contributed by atoms with Gasteiger partial charge in [-0.15, -0.1) is 0 Å². The first kappa shape index (κ1) is 12.5. The lowest BCUT2D eigenvalue weighted by molar-refractivity contribution is 0.475. The zero-order valence-corrected chi connectivity index (χ0v) is 11.2. The minimum Gasteiger partial charge on any atom is -0.508 e. The van der Waals surface area contributed by atoms with Gasteiger partial charge in [0.05, 0.1) is 0 Å². The molecule has 0 aromatic heterocycles. The van der Waals surface area contributed by atoms with Crippen LogP contribution in [0.1, 0.15) is 11.1 Å². The molecule has 0 fully saturated rings. The van der Waals surface area contributed by atoms with E-state index in [0.29, 0.717) is 5.75 Å². The highest BCUT2D eigenvalue weighted by atomic mass is 16.3. The number of phenols is 1. The summed E-state index contributed by atoms with van der Waals surface area (Å²) in [6, 6.07) is 26.3. The first-order valence-electron chi connectivity index (χ1n) is 6.74. The summed E-state index contributed by atoms with van der Waals surface area (Å²) in [6.07, 6.45) is 0.866. The van der Waals surface area contributed by atoms with Gasteiger partial charge < -0.3 is 5.11 Å². The third-order valence-electron chi connectivity index (χ3n) is 3.43. The van der Waals surface area contributed by atoms with Crippen LogP contribution >= 0.6 is 0 Å². The Morgan fingerprint density at radius 3 is 2.05 bits per heavy atom. The first-order valence-corrected chi connectivity index (χ1v) is 6.74. The molecule has 3 rings (SSSR count). The lowest BCUT2D eigenvalue weighted by Gasteiger charge is -2.10. The van der Waals surface area contributed by atoms with Gasteiger partial charge in [-0.1, -0.05) is 66.7 Å². The van der Waals surface area contributed by atoms with Gasteiger partial charge in [0, 0.05) is 0 Å². The second-order valence-electron chi connectivity index (χ2n) is 4.87. The number of rotatable bonds is 3. The largest absolute Gasteiger partial charge is 0.508 e. The maximum atomic E-state index is 9.36. The van der Waals surface area contributed by atoms with E-state index in [4.69, 9.17) is 0 Å². The molecule has 1 heteroatoms. The normalized spacial score (nSPS) is 10.4. The number of benzene rings is 3. The summed E-state index contributed by atoms with van der Waals surface area (Å²) >= 11 is 0. The van der Waals surface area contributed by atoms with Gasteiger partial charge in [-0.2, -0.15) is 0 Å². The number of phenolic OH excluding ortho intramolecular Hbond substituents is 1. The van der Waals surface area contributed by atoms with Gasteiger partial charge >= 0.3 is 0 Å². The summed E-state index contributed by atoms with van der Waals surface area (Å²) in [6.45, 7) is 0. The zero-order chi connectivity index (χ0) is 13.8. The standard InChI is InChI=1S/C19H16O/c20-18-12-10-15(11-13-18)14-17-8-4-5-9-19(17)16-6-2-1-3-7-16/h1-13,20H,14H2. The van der Waals surface area contributed by atoms with E-state index in [1.54, 1.807) is 12.1 Å². The third kappa shape index (κ3) is 2.72. The van der Waals surface area contributed by atoms with E-state index in [0.717, 1.165) is 6.42 Å². The SMILES string of the molecule is Oc1ccc(Cc2ccccc2-c2ccccc2)cc1. The van der Waals surface area contributed by atoms with Crippen LogP contribution in [-0.4, -0.2) is 5.11 Å². The molecule has 0 aliphatic rings. The molecule has 1 N–H and O–H groups in total. The summed E-state index contributed by atoms with van der Waals surface area (Å²) in [7, 11) is 0. The van der Waals surface area contributed by atoms with Crippen molar-refractivity contribution in [2.75, 3.05) is 0 Å². The fraction of sp³-hybridized carbons (Fsp3) is 0.0526. The van der Waals surface area contributed by atoms with Crippen molar-refractivity contribution in [2.24, 2.45) is 0 Å². The molecule has 3 aromatic carbocycles. The Morgan fingerprint density at radius 2 is 1.30 bits per heavy atom. The van der Waals surface area contributed by atoms with Crippen LogP contribution in [0.15, 0.2) is 78.9 Å². The van der Waals surface area contributed by atoms with Crippen molar-refractivity contribution >= 4 is 0 Å². The molecule has 0 saturated heterocycles. The van der Waals surface area contributed by atoms with E-state index >= 15 is 0 Å². The Hall–Kier alpha value is -2.54. The Labute approximate surface area is 119 Å². The van der Waals surface area contributed by atoms with Gasteiger partial charge in [-0.3, -0.25) is 0 Å². The summed E-state index contributed by atoms with van der Waals surface area (Å²) in [4.78, 5) is 0. The average molecular weight is 260 g/mol. The topological polar surface area (TPSA) is 20.2 Å². The molecule has 1 nitrogen and oxygen atoms in total. The minimum atomic E-state index is 0.310. The van der Waals surface area contributed by atoms with Crippen molar-refractivity contribution in [3.05, 3.63) is 90.0 Å². The summed E-state index contributed by atoms with van der Waals surface area (Å²) in [5.74, 6) is 0.310. The zero-order valence-electron chi connectivity index (χ0n) is 11.2. The lowest BCUT2D eigenvalue weighted by Crippen LogP contribution is -1.91. The van der Waals surface area contributed by atoms with E-state index in [-0.39, 0.29) is 0 Å². The summed E-state index contributed by atoms with van der Waals surface area (Å²) < 4.78 is 0. The van der Waals surface area contributed by atoms with Gasteiger partial charge in [-0.05, 0) is 40.8 Å². The molecule has 3 aromatic rings. The third-order valence-corrected chi connectivity index (χ3v) is 3.43. The molecule has 0 aliphatic heterocycles. The second kappa shape index (κ2) is 5.62. The van der Waals surface area contributed by atoms with Crippen LogP contribution in [0, 0.1) is 0 Å². The smallest absolute Gasteiger partial charge is 0.115 e. The molecular weight excluding hydrogens is 244 g/mol. The molecule has 98 valence electrons. The highest BCUT2D eigenvalue weighted by Crippen LogP contribution is 2.25. The van der Waals surface area contributed by atoms with E-state index in [9.17, 15) is 5.11 Å². The van der Waals surface area contributed by atoms with Gasteiger partial charge in [0.2, 0.25) is 0 Å². The van der Waals surface area contributed by atoms with E-state index in [1.807, 2.05) is 18.2 Å². The Morgan fingerprint density at radius 1 is 0.650 bits per heavy atom. The van der Waals surface area contributed by atoms with Gasteiger partial charge in [0.1, 0.15) is 5.75 Å². The van der Waals surface area contributed by atoms with Crippen molar-refractivity contribution < 1.29 is 5.11 Å². The van der Waals surface area contributed by atoms with Crippen LogP contribution in [-0.2, 0) is 6.42 Å². The monoisotopic (exact) mass is 260 g/mol. The van der Waals surface area contributed by atoms with Crippen LogP contribution in [0.5, 0.6) is 5.75 Å². The van der Waals surface area contributed by atoms with E-state index in [1.165, 1.54) is 22.3 Å². The van der Waals surface area contributed by atoms with Crippen LogP contribution in [0.4, 0.5) is 0 Å². The molecule has 0 radical (unpaired) electrons. The molecule has 0 saturated carbocycles. The lowest BCUT2D eigenvalue weighted by atomic mass is 9.95. The van der Waals surface area contributed by atoms with Crippen LogP contribution in [0.25, 0.3) is 11.1 Å². The van der Waals surface area contributed by atoms with E-state index in [2.05, 4.69) is 48.5 Å². The van der Waals surface area contributed by atoms with Crippen molar-refractivity contribution in [1.82, 2.24) is 0 Å². The molecule has 0 atom stereocenters. The molecule has 0 spiro atoms. The average Bonchev–Trinajstić information content (AvgIpc) is 2.51. The predicted octanol–water partition coefficient (Wildman–Crippen LogP) is 4.65. The number of hydrogen-bond acceptors (Lipinski definition) is 1. The van der Waals surface area contributed by atoms with Crippen molar-refractivity contribution in [1.29, 1.82) is 0 Å². The minimum absolute atomic E-state index is 0.310. The summed E-state index contributed by atoms with van der Waals surface area (Å²) in [5.41, 5.74) is 5.00. The maximum Gasteiger partial charge on any atom is 0.115 e. The molecule has 0 unspecified atom stereocenters. The van der Waals surface area contributed by atoms with Gasteiger partial charge in [-0.25, -0.2) is 0 Å². The van der Waals surface area contributed by atoms with Crippen LogP contribution in [0.3, 0.4) is 0 Å². The van der Waals surface area contributed by atoms with Gasteiger partial charge in [0.25, 0.3) is 0 Å². The first-order chi connectivity index (χ1) is 9.83. The van der Waals surface area contributed by atoms with Crippen LogP contribution in [0.2, 0.25) is 0 Å². The fourth-order valence-electron chi connectivity index (χ4n) is 2.41. The highest BCUT2D eigenvalue weighted by molar-refractivity contribution is 5.67. The highest BCUT2D eigenvalue weighted by Gasteiger charge is 2.05. The van der Waals surface area contributed by atoms with Crippen molar-refractivity contribution in [3.8, 4) is 16.9 Å². The quantitative estimate of drug-likeness (QED) is 0.726. The number of hydrogen-bond donors (Lipinski definition) is 1. The molecule has 0 heterocycles. The van der Waals surface area contributed by atoms with E-state index < -0.39 is 0 Å². The Bertz CT molecular complexity index is 684. The molecular formula is C19H16O. The fourth-order valence-corrected chi connectivity index (χ4v) is 2.41. The Balaban J connectivity index is 1.96. The molecule has 0 bridgehead atoms. The van der Waals surface area contributed by atoms with Crippen molar-refractivity contribution in [3.63, 3.8) is 0 Å². The maximum absolute atomic E-state index is 9.36. The van der Waals surface area contributed by atoms with Crippen molar-refractivity contribution in [2.45, 2.75) is 6.42 Å². The van der Waals surface area contributed by atoms with Crippen LogP contribution < -0.4 is 0 Å². The molecule has 20 heavy (non-hydrogen) atoms.